The van der Waals surface area contributed by atoms with Gasteiger partial charge in [0.25, 0.3) is 0 Å². The van der Waals surface area contributed by atoms with Crippen molar-refractivity contribution in [1.82, 2.24) is 0 Å². The molecule has 4 aromatic rings. The third-order valence-electron chi connectivity index (χ3n) is 12.0. The van der Waals surface area contributed by atoms with Crippen LogP contribution in [0.5, 0.6) is 0 Å². The monoisotopic (exact) mass is 797 g/mol. The van der Waals surface area contributed by atoms with Gasteiger partial charge in [0, 0.05) is 0 Å². The number of hydrogen-bond donors (Lipinski definition) is 0. The van der Waals surface area contributed by atoms with Crippen molar-refractivity contribution in [1.29, 1.82) is 0 Å². The zero-order valence-electron chi connectivity index (χ0n) is 32.5. The third kappa shape index (κ3) is 5.88. The van der Waals surface area contributed by atoms with Gasteiger partial charge in [0.1, 0.15) is 0 Å². The summed E-state index contributed by atoms with van der Waals surface area (Å²) in [6.07, 6.45) is 6.95. The van der Waals surface area contributed by atoms with Crippen molar-refractivity contribution >= 4 is 35.1 Å². The molecule has 0 nitrogen and oxygen atoms in total. The first-order valence-electron chi connectivity index (χ1n) is 18.8. The number of aryl methyl sites for hydroxylation is 2. The molecule has 4 aromatic carbocycles. The Morgan fingerprint density at radius 3 is 1.24 bits per heavy atom. The van der Waals surface area contributed by atoms with Crippen LogP contribution in [0.15, 0.2) is 83.9 Å². The molecule has 0 aliphatic heterocycles. The van der Waals surface area contributed by atoms with Gasteiger partial charge in [-0.05, 0) is 0 Å². The van der Waals surface area contributed by atoms with Crippen molar-refractivity contribution in [3.05, 3.63) is 128 Å². The molecule has 50 heavy (non-hydrogen) atoms. The molecule has 6 rings (SSSR count). The zero-order valence-corrected chi connectivity index (χ0v) is 37.6. The zero-order chi connectivity index (χ0) is 36.6. The Bertz CT molecular complexity index is 1910. The van der Waals surface area contributed by atoms with Crippen molar-refractivity contribution in [3.63, 3.8) is 0 Å². The second-order valence-electron chi connectivity index (χ2n) is 17.5. The van der Waals surface area contributed by atoms with Gasteiger partial charge in [-0.15, -0.1) is 0 Å². The van der Waals surface area contributed by atoms with Crippen molar-refractivity contribution < 1.29 is 15.6 Å². The molecule has 0 radical (unpaired) electrons. The maximum absolute atomic E-state index is 8.82. The van der Waals surface area contributed by atoms with Crippen LogP contribution in [-0.2, 0) is 26.4 Å². The van der Waals surface area contributed by atoms with E-state index in [4.69, 9.17) is 17.0 Å². The molecule has 2 aliphatic carbocycles. The van der Waals surface area contributed by atoms with Gasteiger partial charge >= 0.3 is 315 Å². The first-order chi connectivity index (χ1) is 23.4. The number of rotatable bonds is 7. The summed E-state index contributed by atoms with van der Waals surface area (Å²) >= 11 is -4.92. The van der Waals surface area contributed by atoms with E-state index in [9.17, 15) is 0 Å². The van der Waals surface area contributed by atoms with E-state index < -0.39 is 21.5 Å². The summed E-state index contributed by atoms with van der Waals surface area (Å²) in [5.41, 5.74) is 19.1. The van der Waals surface area contributed by atoms with Crippen LogP contribution in [0.3, 0.4) is 0 Å². The quantitative estimate of drug-likeness (QED) is 0.163. The van der Waals surface area contributed by atoms with Crippen LogP contribution < -0.4 is 0 Å². The van der Waals surface area contributed by atoms with E-state index in [1.807, 2.05) is 0 Å². The Labute approximate surface area is 312 Å². The number of benzene rings is 4. The molecule has 0 amide bonds. The Morgan fingerprint density at radius 2 is 0.940 bits per heavy atom. The molecule has 0 saturated carbocycles. The summed E-state index contributed by atoms with van der Waals surface area (Å²) in [6.45, 7) is 28.1. The van der Waals surface area contributed by atoms with Crippen molar-refractivity contribution in [3.8, 4) is 22.3 Å². The standard InChI is InChI=1S/2C22H25.C2H7Si.2ClH.Zr/c2*1-6-16-13-17-11-12-20(22(3,4)5)21(19(17)14-16)18-10-8-7-9-15(18)2;1-3-2;;;/h2*7-14H,6H2,1-5H3;3H,1-2H3;2*1H;/q;;;;;+2/p-2. The molecule has 2 atom stereocenters. The summed E-state index contributed by atoms with van der Waals surface area (Å²) in [7, 11) is 17.6. The molecule has 0 fully saturated rings. The van der Waals surface area contributed by atoms with Crippen LogP contribution in [-0.4, -0.2) is 5.92 Å². The van der Waals surface area contributed by atoms with E-state index >= 15 is 0 Å². The van der Waals surface area contributed by atoms with E-state index in [0.29, 0.717) is 0 Å². The van der Waals surface area contributed by atoms with Crippen LogP contribution in [0.1, 0.15) is 120 Å². The first kappa shape index (κ1) is 37.8. The second-order valence-corrected chi connectivity index (χ2v) is 60.0. The maximum atomic E-state index is 8.82. The topological polar surface area (TPSA) is 0 Å². The van der Waals surface area contributed by atoms with Crippen LogP contribution >= 0.6 is 17.0 Å². The fraction of sp³-hybridized carbons (Fsp3) is 0.391. The van der Waals surface area contributed by atoms with E-state index in [1.165, 1.54) is 77.9 Å². The minimum atomic E-state index is -4.92. The average molecular weight is 800 g/mol. The molecule has 0 saturated heterocycles. The molecule has 0 spiro atoms. The van der Waals surface area contributed by atoms with E-state index in [2.05, 4.69) is 167 Å². The van der Waals surface area contributed by atoms with Gasteiger partial charge in [-0.2, -0.15) is 0 Å². The fourth-order valence-electron chi connectivity index (χ4n) is 9.31. The molecule has 2 aliphatic rings. The Morgan fingerprint density at radius 1 is 0.580 bits per heavy atom. The first-order valence-corrected chi connectivity index (χ1v) is 35.1. The number of fused-ring (bicyclic) bond motifs is 2. The van der Waals surface area contributed by atoms with Crippen LogP contribution in [0.2, 0.25) is 13.1 Å². The minimum absolute atomic E-state index is 0.0169. The Hall–Kier alpha value is -1.96. The van der Waals surface area contributed by atoms with E-state index in [-0.39, 0.29) is 18.1 Å². The molecular weight excluding hydrogens is 743 g/mol. The van der Waals surface area contributed by atoms with Gasteiger partial charge < -0.3 is 0 Å². The van der Waals surface area contributed by atoms with Gasteiger partial charge in [-0.3, -0.25) is 0 Å². The van der Waals surface area contributed by atoms with Gasteiger partial charge in [0.2, 0.25) is 0 Å². The average Bonchev–Trinajstić information content (AvgIpc) is 3.63. The van der Waals surface area contributed by atoms with Crippen molar-refractivity contribution in [2.24, 2.45) is 0 Å². The number of allylic oxidation sites excluding steroid dienone is 2. The molecule has 0 heterocycles. The third-order valence-corrected chi connectivity index (χ3v) is 63.9. The molecule has 4 heteroatoms. The van der Waals surface area contributed by atoms with Gasteiger partial charge in [0.05, 0.1) is 0 Å². The molecular formula is C46H57Cl2SiZr. The van der Waals surface area contributed by atoms with Gasteiger partial charge in [-0.1, -0.05) is 0 Å². The Balaban J connectivity index is 1.68. The molecule has 263 valence electrons. The number of halogens is 2. The number of hydrogen-bond acceptors (Lipinski definition) is 0. The summed E-state index contributed by atoms with van der Waals surface area (Å²) in [6, 6.07) is 27.5. The van der Waals surface area contributed by atoms with E-state index in [1.54, 1.807) is 0 Å². The summed E-state index contributed by atoms with van der Waals surface area (Å²) in [5.74, 6) is -1.68. The predicted molar refractivity (Wildman–Crippen MR) is 223 cm³/mol. The van der Waals surface area contributed by atoms with Crippen LogP contribution in [0, 0.1) is 13.8 Å². The summed E-state index contributed by atoms with van der Waals surface area (Å²) in [5, 5.41) is 0. The van der Waals surface area contributed by atoms with Crippen molar-refractivity contribution in [2.45, 2.75) is 113 Å². The van der Waals surface area contributed by atoms with E-state index in [0.717, 1.165) is 12.8 Å². The summed E-state index contributed by atoms with van der Waals surface area (Å²) in [4.78, 5) is 0. The fourth-order valence-corrected chi connectivity index (χ4v) is 41.1. The molecule has 0 bridgehead atoms. The Kier molecular flexibility index (Phi) is 9.95. The summed E-state index contributed by atoms with van der Waals surface area (Å²) < 4.78 is 0.164. The predicted octanol–water partition coefficient (Wildman–Crippen LogP) is 14.6. The van der Waals surface area contributed by atoms with Crippen molar-refractivity contribution in [2.75, 3.05) is 0 Å². The van der Waals surface area contributed by atoms with Crippen LogP contribution in [0.4, 0.5) is 0 Å². The molecule has 0 aromatic heterocycles. The SMILES string of the molecule is CCC1=Cc2c(ccc(C(C)(C)C)c2-c2ccccc2C)[CH]1[Zr]([Cl])([Cl])([CH]1C(CC)=Cc2c1ccc(C(C)(C)C)c2-c1ccccc1C)[SiH](C)C. The normalized spacial score (nSPS) is 18.4. The molecule has 2 unspecified atom stereocenters. The van der Waals surface area contributed by atoms with Crippen LogP contribution in [0.25, 0.3) is 34.4 Å². The van der Waals surface area contributed by atoms with Gasteiger partial charge in [0.15, 0.2) is 0 Å². The molecule has 0 N–H and O–H groups in total. The second kappa shape index (κ2) is 13.2. The van der Waals surface area contributed by atoms with Gasteiger partial charge in [-0.25, -0.2) is 0 Å².